The molecule has 0 aliphatic heterocycles. The Hall–Kier alpha value is -0.880. The fourth-order valence-electron chi connectivity index (χ4n) is 5.00. The van der Waals surface area contributed by atoms with Crippen LogP contribution < -0.4 is 4.72 Å². The zero-order valence-corrected chi connectivity index (χ0v) is 12.5. The molecule has 3 fully saturated rings. The minimum Gasteiger partial charge on any atom is -0.332 e. The molecule has 0 spiro atoms. The Morgan fingerprint density at radius 1 is 1.25 bits per heavy atom. The quantitative estimate of drug-likeness (QED) is 0.893. The van der Waals surface area contributed by atoms with Crippen LogP contribution in [0.15, 0.2) is 11.2 Å². The second kappa shape index (κ2) is 4.31. The van der Waals surface area contributed by atoms with Crippen LogP contribution in [0.1, 0.15) is 37.9 Å². The maximum atomic E-state index is 12.4. The second-order valence-electron chi connectivity index (χ2n) is 6.71. The Bertz CT molecular complexity index is 624. The zero-order chi connectivity index (χ0) is 13.9. The van der Waals surface area contributed by atoms with Gasteiger partial charge in [0.05, 0.1) is 6.20 Å². The van der Waals surface area contributed by atoms with E-state index in [-0.39, 0.29) is 11.1 Å². The number of sulfonamides is 1. The standard InChI is InChI=1S/C14H21N3O2S/c1-8-15-7-14(16-8)20(18,19)17-13-6-9-5-12(13)11-4-2-3-10(9)11/h7,9-13,17H,2-6H2,1H3,(H,15,16). The summed E-state index contributed by atoms with van der Waals surface area (Å²) in [6.07, 6.45) is 7.66. The van der Waals surface area contributed by atoms with E-state index in [1.807, 2.05) is 0 Å². The van der Waals surface area contributed by atoms with Crippen molar-refractivity contribution in [1.82, 2.24) is 14.7 Å². The van der Waals surface area contributed by atoms with Gasteiger partial charge in [-0.2, -0.15) is 0 Å². The van der Waals surface area contributed by atoms with Crippen LogP contribution in [0.5, 0.6) is 0 Å². The molecule has 20 heavy (non-hydrogen) atoms. The Labute approximate surface area is 119 Å². The Morgan fingerprint density at radius 2 is 2.05 bits per heavy atom. The average molecular weight is 295 g/mol. The van der Waals surface area contributed by atoms with E-state index < -0.39 is 10.0 Å². The topological polar surface area (TPSA) is 74.8 Å². The molecule has 110 valence electrons. The third-order valence-electron chi connectivity index (χ3n) is 5.70. The normalized spacial score (nSPS) is 39.4. The van der Waals surface area contributed by atoms with Crippen LogP contribution in [-0.2, 0) is 10.0 Å². The van der Waals surface area contributed by atoms with Crippen LogP contribution in [0.25, 0.3) is 0 Å². The van der Waals surface area contributed by atoms with Gasteiger partial charge in [0.25, 0.3) is 10.0 Å². The number of rotatable bonds is 3. The Morgan fingerprint density at radius 3 is 2.80 bits per heavy atom. The Balaban J connectivity index is 1.53. The molecule has 0 radical (unpaired) electrons. The van der Waals surface area contributed by atoms with Crippen LogP contribution in [0.2, 0.25) is 0 Å². The summed E-state index contributed by atoms with van der Waals surface area (Å²) in [4.78, 5) is 6.80. The second-order valence-corrected chi connectivity index (χ2v) is 8.40. The van der Waals surface area contributed by atoms with E-state index in [1.165, 1.54) is 31.9 Å². The van der Waals surface area contributed by atoms with E-state index in [1.54, 1.807) is 6.92 Å². The fourth-order valence-corrected chi connectivity index (χ4v) is 6.27. The van der Waals surface area contributed by atoms with Crippen LogP contribution in [0, 0.1) is 30.6 Å². The van der Waals surface area contributed by atoms with Gasteiger partial charge in [-0.1, -0.05) is 6.42 Å². The lowest BCUT2D eigenvalue weighted by molar-refractivity contribution is 0.224. The van der Waals surface area contributed by atoms with E-state index in [0.29, 0.717) is 11.7 Å². The van der Waals surface area contributed by atoms with Gasteiger partial charge in [0.15, 0.2) is 5.03 Å². The minimum absolute atomic E-state index is 0.132. The molecule has 3 saturated carbocycles. The SMILES string of the molecule is Cc1ncc(S(=O)(=O)NC2CC3CC2C2CCCC32)[nH]1. The molecule has 3 aliphatic carbocycles. The van der Waals surface area contributed by atoms with Crippen LogP contribution >= 0.6 is 0 Å². The van der Waals surface area contributed by atoms with Gasteiger partial charge >= 0.3 is 0 Å². The monoisotopic (exact) mass is 295 g/mol. The molecule has 2 bridgehead atoms. The lowest BCUT2D eigenvalue weighted by Crippen LogP contribution is -2.42. The molecular weight excluding hydrogens is 274 g/mol. The van der Waals surface area contributed by atoms with Gasteiger partial charge in [-0.25, -0.2) is 18.1 Å². The number of H-pyrrole nitrogens is 1. The molecule has 5 nitrogen and oxygen atoms in total. The first-order valence-corrected chi connectivity index (χ1v) is 9.07. The van der Waals surface area contributed by atoms with Gasteiger partial charge in [0, 0.05) is 6.04 Å². The number of nitrogens with one attached hydrogen (secondary N) is 2. The van der Waals surface area contributed by atoms with Gasteiger partial charge in [0.2, 0.25) is 0 Å². The molecule has 0 saturated heterocycles. The van der Waals surface area contributed by atoms with Crippen molar-refractivity contribution < 1.29 is 8.42 Å². The van der Waals surface area contributed by atoms with Crippen molar-refractivity contribution >= 4 is 10.0 Å². The molecule has 0 amide bonds. The maximum absolute atomic E-state index is 12.4. The maximum Gasteiger partial charge on any atom is 0.257 e. The molecule has 0 aromatic carbocycles. The van der Waals surface area contributed by atoms with Crippen molar-refractivity contribution in [3.63, 3.8) is 0 Å². The predicted octanol–water partition coefficient (Wildman–Crippen LogP) is 1.82. The number of aromatic nitrogens is 2. The third kappa shape index (κ3) is 1.84. The third-order valence-corrected chi connectivity index (χ3v) is 7.10. The number of aromatic amines is 1. The summed E-state index contributed by atoms with van der Waals surface area (Å²) in [6, 6.07) is 0.132. The van der Waals surface area contributed by atoms with E-state index >= 15 is 0 Å². The van der Waals surface area contributed by atoms with Crippen LogP contribution in [0.4, 0.5) is 0 Å². The molecule has 1 aromatic heterocycles. The number of aryl methyl sites for hydroxylation is 1. The van der Waals surface area contributed by atoms with Crippen LogP contribution in [0.3, 0.4) is 0 Å². The number of hydrogen-bond acceptors (Lipinski definition) is 3. The van der Waals surface area contributed by atoms with Gasteiger partial charge in [-0.3, -0.25) is 0 Å². The summed E-state index contributed by atoms with van der Waals surface area (Å²) in [5.41, 5.74) is 0. The zero-order valence-electron chi connectivity index (χ0n) is 11.7. The van der Waals surface area contributed by atoms with Gasteiger partial charge in [0.1, 0.15) is 5.82 Å². The molecule has 2 N–H and O–H groups in total. The van der Waals surface area contributed by atoms with E-state index in [0.717, 1.165) is 24.2 Å². The summed E-state index contributed by atoms with van der Waals surface area (Å²) >= 11 is 0. The molecule has 1 heterocycles. The molecular formula is C14H21N3O2S. The highest BCUT2D eigenvalue weighted by Crippen LogP contribution is 2.58. The average Bonchev–Trinajstić information content (AvgIpc) is 3.06. The summed E-state index contributed by atoms with van der Waals surface area (Å²) < 4.78 is 27.7. The minimum atomic E-state index is -3.44. The summed E-state index contributed by atoms with van der Waals surface area (Å²) in [5.74, 6) is 3.60. The summed E-state index contributed by atoms with van der Waals surface area (Å²) in [7, 11) is -3.44. The fraction of sp³-hybridized carbons (Fsp3) is 0.786. The lowest BCUT2D eigenvalue weighted by atomic mass is 9.79. The van der Waals surface area contributed by atoms with Crippen molar-refractivity contribution in [2.75, 3.05) is 0 Å². The smallest absolute Gasteiger partial charge is 0.257 e. The molecule has 6 heteroatoms. The Kier molecular flexibility index (Phi) is 2.76. The van der Waals surface area contributed by atoms with E-state index in [4.69, 9.17) is 0 Å². The first-order valence-electron chi connectivity index (χ1n) is 7.58. The molecule has 3 aliphatic rings. The molecule has 5 atom stereocenters. The van der Waals surface area contributed by atoms with Gasteiger partial charge < -0.3 is 4.98 Å². The highest BCUT2D eigenvalue weighted by molar-refractivity contribution is 7.89. The van der Waals surface area contributed by atoms with E-state index in [2.05, 4.69) is 14.7 Å². The number of fused-ring (bicyclic) bond motifs is 5. The number of hydrogen-bond donors (Lipinski definition) is 2. The molecule has 1 aromatic rings. The summed E-state index contributed by atoms with van der Waals surface area (Å²) in [6.45, 7) is 1.76. The number of imidazole rings is 1. The predicted molar refractivity (Wildman–Crippen MR) is 74.5 cm³/mol. The van der Waals surface area contributed by atoms with Crippen molar-refractivity contribution in [2.24, 2.45) is 23.7 Å². The molecule has 4 rings (SSSR count). The highest BCUT2D eigenvalue weighted by Gasteiger charge is 2.54. The summed E-state index contributed by atoms with van der Waals surface area (Å²) in [5, 5.41) is 0.195. The largest absolute Gasteiger partial charge is 0.332 e. The first-order chi connectivity index (χ1) is 9.54. The molecule has 5 unspecified atom stereocenters. The van der Waals surface area contributed by atoms with Crippen molar-refractivity contribution in [3.05, 3.63) is 12.0 Å². The van der Waals surface area contributed by atoms with Crippen molar-refractivity contribution in [3.8, 4) is 0 Å². The van der Waals surface area contributed by atoms with Gasteiger partial charge in [-0.15, -0.1) is 0 Å². The van der Waals surface area contributed by atoms with Crippen molar-refractivity contribution in [2.45, 2.75) is 50.1 Å². The van der Waals surface area contributed by atoms with Crippen LogP contribution in [-0.4, -0.2) is 24.4 Å². The van der Waals surface area contributed by atoms with Crippen molar-refractivity contribution in [1.29, 1.82) is 0 Å². The first kappa shape index (κ1) is 12.8. The van der Waals surface area contributed by atoms with E-state index in [9.17, 15) is 8.42 Å². The highest BCUT2D eigenvalue weighted by atomic mass is 32.2. The lowest BCUT2D eigenvalue weighted by Gasteiger charge is -2.31. The van der Waals surface area contributed by atoms with Gasteiger partial charge in [-0.05, 0) is 56.3 Å². The number of nitrogens with zero attached hydrogens (tertiary/aromatic N) is 1.